The van der Waals surface area contributed by atoms with Gasteiger partial charge in [-0.1, -0.05) is 156 Å². The number of imidazole rings is 1. The SMILES string of the molecule is CC(C)c1cc(C(C)C)c(-c2cccc(-[n+]3[c-]n(-c4cc(Oc5ccc6c7ccccc7n(-c7cc(C(C)(C)C)ccn7)c6c5)cc(-c5ccccc5)c4)cc3C(C)(C)C)c2)c(C(C)C)c1. The van der Waals surface area contributed by atoms with Gasteiger partial charge in [-0.3, -0.25) is 13.7 Å². The van der Waals surface area contributed by atoms with E-state index in [1.54, 1.807) is 0 Å². The van der Waals surface area contributed by atoms with Crippen LogP contribution < -0.4 is 9.30 Å². The lowest BCUT2D eigenvalue weighted by atomic mass is 9.81. The van der Waals surface area contributed by atoms with Crippen molar-refractivity contribution in [1.82, 2.24) is 14.1 Å². The minimum Gasteiger partial charge on any atom is -0.458 e. The van der Waals surface area contributed by atoms with Gasteiger partial charge in [0.15, 0.2) is 0 Å². The summed E-state index contributed by atoms with van der Waals surface area (Å²) in [6, 6.07) is 50.3. The van der Waals surface area contributed by atoms with E-state index >= 15 is 0 Å². The van der Waals surface area contributed by atoms with Crippen molar-refractivity contribution in [2.24, 2.45) is 0 Å². The lowest BCUT2D eigenvalue weighted by Gasteiger charge is -2.24. The number of hydrogen-bond donors (Lipinski definition) is 0. The van der Waals surface area contributed by atoms with Crippen LogP contribution in [0.4, 0.5) is 0 Å². The van der Waals surface area contributed by atoms with E-state index in [4.69, 9.17) is 9.72 Å². The second-order valence-corrected chi connectivity index (χ2v) is 21.0. The molecule has 9 aromatic rings. The van der Waals surface area contributed by atoms with E-state index in [0.29, 0.717) is 17.8 Å². The molecule has 0 aliphatic heterocycles. The summed E-state index contributed by atoms with van der Waals surface area (Å²) in [4.78, 5) is 4.91. The minimum atomic E-state index is -0.186. The van der Waals surface area contributed by atoms with Gasteiger partial charge in [-0.05, 0) is 134 Å². The summed E-state index contributed by atoms with van der Waals surface area (Å²) in [5, 5.41) is 2.33. The molecule has 0 saturated carbocycles. The first-order chi connectivity index (χ1) is 31.4. The fraction of sp³-hybridized carbons (Fsp3) is 0.279. The van der Waals surface area contributed by atoms with E-state index in [-0.39, 0.29) is 10.8 Å². The van der Waals surface area contributed by atoms with E-state index < -0.39 is 0 Å². The monoisotopic (exact) mass is 869 g/mol. The van der Waals surface area contributed by atoms with Crippen LogP contribution in [-0.4, -0.2) is 14.1 Å². The van der Waals surface area contributed by atoms with Gasteiger partial charge in [-0.2, -0.15) is 0 Å². The molecular weight excluding hydrogens is 805 g/mol. The Hall–Kier alpha value is -6.72. The summed E-state index contributed by atoms with van der Waals surface area (Å²) in [6.07, 6.45) is 7.98. The highest BCUT2D eigenvalue weighted by molar-refractivity contribution is 6.09. The molecule has 0 fully saturated rings. The van der Waals surface area contributed by atoms with Crippen molar-refractivity contribution in [3.8, 4) is 50.9 Å². The summed E-state index contributed by atoms with van der Waals surface area (Å²) in [7, 11) is 0. The van der Waals surface area contributed by atoms with Crippen LogP contribution in [0.2, 0.25) is 0 Å². The first-order valence-corrected chi connectivity index (χ1v) is 23.7. The van der Waals surface area contributed by atoms with Crippen molar-refractivity contribution in [3.63, 3.8) is 0 Å². The van der Waals surface area contributed by atoms with Crippen LogP contribution in [0.25, 0.3) is 61.3 Å². The first kappa shape index (κ1) is 44.5. The van der Waals surface area contributed by atoms with E-state index in [1.807, 2.05) is 6.20 Å². The number of aromatic nitrogens is 4. The van der Waals surface area contributed by atoms with Crippen molar-refractivity contribution >= 4 is 21.8 Å². The lowest BCUT2D eigenvalue weighted by molar-refractivity contribution is -0.611. The Bertz CT molecular complexity index is 3190. The van der Waals surface area contributed by atoms with Gasteiger partial charge in [-0.25, -0.2) is 4.98 Å². The van der Waals surface area contributed by atoms with Crippen molar-refractivity contribution in [1.29, 1.82) is 0 Å². The zero-order valence-electron chi connectivity index (χ0n) is 40.9. The fourth-order valence-electron chi connectivity index (χ4n) is 9.30. The third kappa shape index (κ3) is 8.60. The topological polar surface area (TPSA) is 35.9 Å². The number of benzene rings is 6. The number of rotatable bonds is 10. The number of fused-ring (bicyclic) bond motifs is 3. The molecule has 0 saturated heterocycles. The molecule has 5 nitrogen and oxygen atoms in total. The molecule has 0 N–H and O–H groups in total. The van der Waals surface area contributed by atoms with Crippen LogP contribution in [0, 0.1) is 6.33 Å². The molecule has 6 aromatic carbocycles. The first-order valence-electron chi connectivity index (χ1n) is 23.7. The molecule has 5 heteroatoms. The van der Waals surface area contributed by atoms with E-state index in [1.165, 1.54) is 38.8 Å². The Morgan fingerprint density at radius 3 is 1.92 bits per heavy atom. The zero-order chi connectivity index (χ0) is 46.7. The predicted octanol–water partition coefficient (Wildman–Crippen LogP) is 16.1. The molecule has 0 amide bonds. The summed E-state index contributed by atoms with van der Waals surface area (Å²) in [6.45, 7) is 27.4. The Balaban J connectivity index is 1.17. The highest BCUT2D eigenvalue weighted by atomic mass is 16.5. The predicted molar refractivity (Wildman–Crippen MR) is 275 cm³/mol. The summed E-state index contributed by atoms with van der Waals surface area (Å²) in [5.74, 6) is 3.60. The van der Waals surface area contributed by atoms with Gasteiger partial charge in [0.05, 0.1) is 28.1 Å². The smallest absolute Gasteiger partial charge is 0.269 e. The van der Waals surface area contributed by atoms with Crippen LogP contribution in [0.1, 0.15) is 129 Å². The van der Waals surface area contributed by atoms with Crippen LogP contribution in [0.15, 0.2) is 152 Å². The van der Waals surface area contributed by atoms with Crippen molar-refractivity contribution in [3.05, 3.63) is 186 Å². The maximum absolute atomic E-state index is 6.95. The summed E-state index contributed by atoms with van der Waals surface area (Å²) >= 11 is 0. The second-order valence-electron chi connectivity index (χ2n) is 21.0. The average Bonchev–Trinajstić information content (AvgIpc) is 3.89. The number of hydrogen-bond acceptors (Lipinski definition) is 2. The standard InChI is InChI=1S/C61H64N4O/c1-39(2)44-32-53(40(3)4)59(54(33-44)41(5)6)43-21-18-22-47(29-43)64-38-63(37-57(64)61(10,11)12)48-30-45(42-19-14-13-15-20-42)31-50(35-48)66-49-25-26-52-51-23-16-17-24-55(51)65(56(52)36-49)58-34-46(27-28-62-58)60(7,8)9/h13-37,39-41H,1-12H3. The van der Waals surface area contributed by atoms with Crippen molar-refractivity contribution < 1.29 is 9.30 Å². The average molecular weight is 869 g/mol. The zero-order valence-corrected chi connectivity index (χ0v) is 40.9. The van der Waals surface area contributed by atoms with E-state index in [9.17, 15) is 0 Å². The fourth-order valence-corrected chi connectivity index (χ4v) is 9.30. The molecule has 3 heterocycles. The molecule has 0 spiro atoms. The minimum absolute atomic E-state index is 0.0184. The van der Waals surface area contributed by atoms with Gasteiger partial charge in [0, 0.05) is 29.2 Å². The Morgan fingerprint density at radius 2 is 1.24 bits per heavy atom. The Kier molecular flexibility index (Phi) is 11.6. The molecule has 3 aromatic heterocycles. The molecule has 0 unspecified atom stereocenters. The molecular formula is C61H64N4O. The number of ether oxygens (including phenoxy) is 1. The van der Waals surface area contributed by atoms with Crippen molar-refractivity contribution in [2.75, 3.05) is 0 Å². The largest absolute Gasteiger partial charge is 0.458 e. The van der Waals surface area contributed by atoms with Crippen LogP contribution in [0.3, 0.4) is 0 Å². The van der Waals surface area contributed by atoms with E-state index in [2.05, 4.69) is 249 Å². The molecule has 0 aliphatic carbocycles. The molecule has 0 atom stereocenters. The lowest BCUT2D eigenvalue weighted by Crippen LogP contribution is -2.38. The Morgan fingerprint density at radius 1 is 0.561 bits per heavy atom. The third-order valence-corrected chi connectivity index (χ3v) is 13.0. The van der Waals surface area contributed by atoms with Gasteiger partial charge >= 0.3 is 0 Å². The van der Waals surface area contributed by atoms with Crippen molar-refractivity contribution in [2.45, 2.75) is 112 Å². The van der Waals surface area contributed by atoms with Crippen LogP contribution >= 0.6 is 0 Å². The summed E-state index contributed by atoms with van der Waals surface area (Å²) in [5.41, 5.74) is 15.3. The third-order valence-electron chi connectivity index (χ3n) is 13.0. The maximum Gasteiger partial charge on any atom is 0.269 e. The Labute approximate surface area is 392 Å². The number of pyridine rings is 1. The number of para-hydroxylation sites is 1. The van der Waals surface area contributed by atoms with E-state index in [0.717, 1.165) is 61.9 Å². The van der Waals surface area contributed by atoms with Gasteiger partial charge < -0.3 is 4.74 Å². The highest BCUT2D eigenvalue weighted by Crippen LogP contribution is 2.41. The molecule has 66 heavy (non-hydrogen) atoms. The highest BCUT2D eigenvalue weighted by Gasteiger charge is 2.25. The normalized spacial score (nSPS) is 12.3. The molecule has 0 radical (unpaired) electrons. The van der Waals surface area contributed by atoms with Gasteiger partial charge in [0.1, 0.15) is 17.3 Å². The molecule has 9 rings (SSSR count). The molecule has 334 valence electrons. The summed E-state index contributed by atoms with van der Waals surface area (Å²) < 4.78 is 13.6. The molecule has 0 bridgehead atoms. The van der Waals surface area contributed by atoms with Gasteiger partial charge in [0.2, 0.25) is 0 Å². The van der Waals surface area contributed by atoms with Gasteiger partial charge in [0.25, 0.3) is 6.33 Å². The van der Waals surface area contributed by atoms with Crippen LogP contribution in [0.5, 0.6) is 11.5 Å². The quantitative estimate of drug-likeness (QED) is 0.101. The maximum atomic E-state index is 6.95. The van der Waals surface area contributed by atoms with Crippen LogP contribution in [-0.2, 0) is 10.8 Å². The van der Waals surface area contributed by atoms with Gasteiger partial charge in [-0.15, -0.1) is 0 Å². The molecule has 0 aliphatic rings. The second kappa shape index (κ2) is 17.3. The number of nitrogens with zero attached hydrogens (tertiary/aromatic N) is 4.